The van der Waals surface area contributed by atoms with Crippen LogP contribution in [-0.2, 0) is 6.54 Å². The SMILES string of the molecule is COc1ccc(C(=N)N)cc1CN(C)C(C)C(C)C. The summed E-state index contributed by atoms with van der Waals surface area (Å²) in [5.74, 6) is 1.52. The van der Waals surface area contributed by atoms with Crippen LogP contribution in [0.2, 0.25) is 0 Å². The van der Waals surface area contributed by atoms with Crippen molar-refractivity contribution < 1.29 is 4.74 Å². The predicted octanol–water partition coefficient (Wildman–Crippen LogP) is 2.46. The minimum Gasteiger partial charge on any atom is -0.496 e. The van der Waals surface area contributed by atoms with Gasteiger partial charge in [-0.1, -0.05) is 13.8 Å². The molecule has 0 aromatic heterocycles. The Labute approximate surface area is 116 Å². The highest BCUT2D eigenvalue weighted by atomic mass is 16.5. The summed E-state index contributed by atoms with van der Waals surface area (Å²) < 4.78 is 5.38. The van der Waals surface area contributed by atoms with Crippen LogP contribution in [0.1, 0.15) is 31.9 Å². The average Bonchev–Trinajstić information content (AvgIpc) is 2.37. The Bertz CT molecular complexity index is 443. The van der Waals surface area contributed by atoms with Crippen molar-refractivity contribution in [2.75, 3.05) is 14.2 Å². The molecule has 0 aliphatic carbocycles. The normalized spacial score (nSPS) is 12.8. The first-order valence-electron chi connectivity index (χ1n) is 6.58. The topological polar surface area (TPSA) is 62.3 Å². The van der Waals surface area contributed by atoms with E-state index in [1.54, 1.807) is 7.11 Å². The molecule has 0 saturated heterocycles. The van der Waals surface area contributed by atoms with Gasteiger partial charge in [0.2, 0.25) is 0 Å². The van der Waals surface area contributed by atoms with Crippen LogP contribution in [0.5, 0.6) is 5.75 Å². The minimum atomic E-state index is 0.0865. The Morgan fingerprint density at radius 3 is 2.47 bits per heavy atom. The minimum absolute atomic E-state index is 0.0865. The van der Waals surface area contributed by atoms with E-state index in [4.69, 9.17) is 15.9 Å². The molecule has 0 saturated carbocycles. The number of hydrogen-bond donors (Lipinski definition) is 2. The number of nitrogens with two attached hydrogens (primary N) is 1. The van der Waals surface area contributed by atoms with Crippen LogP contribution in [0.15, 0.2) is 18.2 Å². The van der Waals surface area contributed by atoms with Crippen molar-refractivity contribution in [2.24, 2.45) is 11.7 Å². The number of nitrogens with zero attached hydrogens (tertiary/aromatic N) is 1. The summed E-state index contributed by atoms with van der Waals surface area (Å²) in [7, 11) is 3.77. The van der Waals surface area contributed by atoms with Crippen LogP contribution >= 0.6 is 0 Å². The summed E-state index contributed by atoms with van der Waals surface area (Å²) in [6.07, 6.45) is 0. The van der Waals surface area contributed by atoms with Gasteiger partial charge < -0.3 is 10.5 Å². The molecule has 1 unspecified atom stereocenters. The van der Waals surface area contributed by atoms with Crippen LogP contribution in [0.25, 0.3) is 0 Å². The van der Waals surface area contributed by atoms with E-state index >= 15 is 0 Å². The molecule has 0 radical (unpaired) electrons. The zero-order chi connectivity index (χ0) is 14.6. The fraction of sp³-hybridized carbons (Fsp3) is 0.533. The quantitative estimate of drug-likeness (QED) is 0.612. The fourth-order valence-electron chi connectivity index (χ4n) is 1.99. The molecule has 0 aliphatic heterocycles. The molecule has 0 amide bonds. The molecule has 1 atom stereocenters. The van der Waals surface area contributed by atoms with Crippen molar-refractivity contribution in [1.82, 2.24) is 4.90 Å². The third-order valence-electron chi connectivity index (χ3n) is 3.67. The molecule has 1 aromatic carbocycles. The Hall–Kier alpha value is -1.55. The van der Waals surface area contributed by atoms with E-state index < -0.39 is 0 Å². The van der Waals surface area contributed by atoms with Gasteiger partial charge in [-0.3, -0.25) is 10.3 Å². The molecule has 1 aromatic rings. The first-order valence-corrected chi connectivity index (χ1v) is 6.58. The van der Waals surface area contributed by atoms with Crippen LogP contribution in [0, 0.1) is 11.3 Å². The van der Waals surface area contributed by atoms with E-state index in [0.29, 0.717) is 12.0 Å². The number of nitrogens with one attached hydrogen (secondary N) is 1. The van der Waals surface area contributed by atoms with Crippen molar-refractivity contribution in [3.8, 4) is 5.75 Å². The molecule has 1 rings (SSSR count). The lowest BCUT2D eigenvalue weighted by molar-refractivity contribution is 0.198. The molecule has 3 N–H and O–H groups in total. The molecule has 4 heteroatoms. The summed E-state index contributed by atoms with van der Waals surface area (Å²) in [6.45, 7) is 7.42. The molecular weight excluding hydrogens is 238 g/mol. The number of rotatable bonds is 6. The van der Waals surface area contributed by atoms with Crippen molar-refractivity contribution in [2.45, 2.75) is 33.4 Å². The highest BCUT2D eigenvalue weighted by molar-refractivity contribution is 5.95. The van der Waals surface area contributed by atoms with E-state index in [-0.39, 0.29) is 5.84 Å². The molecule has 0 aliphatic rings. The number of benzene rings is 1. The largest absolute Gasteiger partial charge is 0.496 e. The van der Waals surface area contributed by atoms with Gasteiger partial charge in [-0.15, -0.1) is 0 Å². The summed E-state index contributed by atoms with van der Waals surface area (Å²) in [5.41, 5.74) is 7.34. The highest BCUT2D eigenvalue weighted by Gasteiger charge is 2.15. The van der Waals surface area contributed by atoms with Crippen LogP contribution in [-0.4, -0.2) is 30.9 Å². The number of methoxy groups -OCH3 is 1. The summed E-state index contributed by atoms with van der Waals surface area (Å²) >= 11 is 0. The fourth-order valence-corrected chi connectivity index (χ4v) is 1.99. The monoisotopic (exact) mass is 263 g/mol. The van der Waals surface area contributed by atoms with Gasteiger partial charge in [0.25, 0.3) is 0 Å². The molecular formula is C15H25N3O. The molecule has 0 bridgehead atoms. The van der Waals surface area contributed by atoms with Gasteiger partial charge >= 0.3 is 0 Å². The Morgan fingerprint density at radius 2 is 2.00 bits per heavy atom. The molecule has 106 valence electrons. The van der Waals surface area contributed by atoms with Gasteiger partial charge in [0.05, 0.1) is 7.11 Å². The maximum atomic E-state index is 7.52. The lowest BCUT2D eigenvalue weighted by Gasteiger charge is -2.28. The van der Waals surface area contributed by atoms with Crippen molar-refractivity contribution in [3.05, 3.63) is 29.3 Å². The average molecular weight is 263 g/mol. The number of hydrogen-bond acceptors (Lipinski definition) is 3. The molecule has 4 nitrogen and oxygen atoms in total. The van der Waals surface area contributed by atoms with E-state index in [2.05, 4.69) is 32.7 Å². The summed E-state index contributed by atoms with van der Waals surface area (Å²) in [5, 5.41) is 7.52. The van der Waals surface area contributed by atoms with E-state index in [1.165, 1.54) is 0 Å². The predicted molar refractivity (Wildman–Crippen MR) is 79.8 cm³/mol. The van der Waals surface area contributed by atoms with Crippen molar-refractivity contribution in [3.63, 3.8) is 0 Å². The van der Waals surface area contributed by atoms with Gasteiger partial charge in [-0.25, -0.2) is 0 Å². The summed E-state index contributed by atoms with van der Waals surface area (Å²) in [6, 6.07) is 6.10. The second kappa shape index (κ2) is 6.57. The third-order valence-corrected chi connectivity index (χ3v) is 3.67. The van der Waals surface area contributed by atoms with Crippen LogP contribution in [0.4, 0.5) is 0 Å². The molecule has 0 fully saturated rings. The van der Waals surface area contributed by atoms with Gasteiger partial charge in [0, 0.05) is 23.7 Å². The van der Waals surface area contributed by atoms with Crippen molar-refractivity contribution in [1.29, 1.82) is 5.41 Å². The van der Waals surface area contributed by atoms with Gasteiger partial charge in [0.1, 0.15) is 11.6 Å². The second-order valence-electron chi connectivity index (χ2n) is 5.34. The van der Waals surface area contributed by atoms with Gasteiger partial charge in [0.15, 0.2) is 0 Å². The van der Waals surface area contributed by atoms with Gasteiger partial charge in [-0.05, 0) is 38.1 Å². The Kier molecular flexibility index (Phi) is 5.36. The van der Waals surface area contributed by atoms with E-state index in [0.717, 1.165) is 23.4 Å². The number of nitrogen functional groups attached to an aromatic ring is 1. The van der Waals surface area contributed by atoms with Crippen molar-refractivity contribution >= 4 is 5.84 Å². The zero-order valence-electron chi connectivity index (χ0n) is 12.5. The number of amidine groups is 1. The number of ether oxygens (including phenoxy) is 1. The summed E-state index contributed by atoms with van der Waals surface area (Å²) in [4.78, 5) is 2.28. The lowest BCUT2D eigenvalue weighted by Crippen LogP contribution is -2.32. The first kappa shape index (κ1) is 15.5. The maximum Gasteiger partial charge on any atom is 0.123 e. The zero-order valence-corrected chi connectivity index (χ0v) is 12.5. The van der Waals surface area contributed by atoms with Crippen LogP contribution < -0.4 is 10.5 Å². The standard InChI is InChI=1S/C15H25N3O/c1-10(2)11(3)18(4)9-13-8-12(15(16)17)6-7-14(13)19-5/h6-8,10-11H,9H2,1-5H3,(H3,16,17). The molecule has 19 heavy (non-hydrogen) atoms. The maximum absolute atomic E-state index is 7.52. The van der Waals surface area contributed by atoms with Gasteiger partial charge in [-0.2, -0.15) is 0 Å². The second-order valence-corrected chi connectivity index (χ2v) is 5.34. The highest BCUT2D eigenvalue weighted by Crippen LogP contribution is 2.23. The Morgan fingerprint density at radius 1 is 1.37 bits per heavy atom. The Balaban J connectivity index is 2.97. The third kappa shape index (κ3) is 3.96. The van der Waals surface area contributed by atoms with Crippen LogP contribution in [0.3, 0.4) is 0 Å². The van der Waals surface area contributed by atoms with E-state index in [9.17, 15) is 0 Å². The smallest absolute Gasteiger partial charge is 0.123 e. The first-order chi connectivity index (χ1) is 8.86. The lowest BCUT2D eigenvalue weighted by atomic mass is 10.0. The molecule has 0 spiro atoms. The van der Waals surface area contributed by atoms with E-state index in [1.807, 2.05) is 18.2 Å². The molecule has 0 heterocycles.